The van der Waals surface area contributed by atoms with Crippen molar-refractivity contribution >= 4 is 29.9 Å². The minimum absolute atomic E-state index is 0. The summed E-state index contributed by atoms with van der Waals surface area (Å²) >= 11 is 6.11. The zero-order valence-electron chi connectivity index (χ0n) is 14.7. The number of nitrogens with one attached hydrogen (secondary N) is 2. The molecule has 2 N–H and O–H groups in total. The number of piperidine rings is 1. The van der Waals surface area contributed by atoms with Crippen LogP contribution in [0.4, 0.5) is 4.39 Å². The molecule has 1 fully saturated rings. The Hall–Kier alpha value is -1.63. The minimum atomic E-state index is -0.542. The molecule has 0 unspecified atom stereocenters. The quantitative estimate of drug-likeness (QED) is 0.812. The molecule has 8 heteroatoms. The van der Waals surface area contributed by atoms with E-state index >= 15 is 0 Å². The van der Waals surface area contributed by atoms with Gasteiger partial charge in [0, 0.05) is 6.54 Å². The predicted octanol–water partition coefficient (Wildman–Crippen LogP) is 3.98. The summed E-state index contributed by atoms with van der Waals surface area (Å²) < 4.78 is 19.4. The molecule has 1 saturated heterocycles. The van der Waals surface area contributed by atoms with Crippen LogP contribution in [0.15, 0.2) is 22.7 Å². The molecule has 26 heavy (non-hydrogen) atoms. The third kappa shape index (κ3) is 4.19. The maximum Gasteiger partial charge on any atom is 0.257 e. The van der Waals surface area contributed by atoms with Crippen LogP contribution in [0.25, 0.3) is 11.3 Å². The first kappa shape index (κ1) is 20.7. The maximum absolute atomic E-state index is 14.2. The van der Waals surface area contributed by atoms with Gasteiger partial charge in [0.1, 0.15) is 22.8 Å². The molecule has 2 aromatic rings. The van der Waals surface area contributed by atoms with Gasteiger partial charge >= 0.3 is 0 Å². The second-order valence-electron chi connectivity index (χ2n) is 6.80. The van der Waals surface area contributed by atoms with Crippen molar-refractivity contribution in [1.82, 2.24) is 15.8 Å². The van der Waals surface area contributed by atoms with E-state index in [9.17, 15) is 9.18 Å². The smallest absolute Gasteiger partial charge is 0.257 e. The number of aryl methyl sites for hydroxylation is 1. The Morgan fingerprint density at radius 1 is 1.42 bits per heavy atom. The summed E-state index contributed by atoms with van der Waals surface area (Å²) in [5.41, 5.74) is 0.485. The number of hydrogen-bond acceptors (Lipinski definition) is 4. The summed E-state index contributed by atoms with van der Waals surface area (Å²) in [6.45, 7) is 6.21. The molecule has 142 valence electrons. The molecular formula is C18H22Cl2FN3O2. The van der Waals surface area contributed by atoms with Gasteiger partial charge < -0.3 is 15.2 Å². The van der Waals surface area contributed by atoms with Crippen molar-refractivity contribution in [2.45, 2.75) is 26.7 Å². The highest BCUT2D eigenvalue weighted by Crippen LogP contribution is 2.33. The Kier molecular flexibility index (Phi) is 6.66. The molecule has 0 aliphatic carbocycles. The van der Waals surface area contributed by atoms with Crippen molar-refractivity contribution in [3.8, 4) is 11.3 Å². The number of rotatable bonds is 4. The molecule has 5 nitrogen and oxygen atoms in total. The van der Waals surface area contributed by atoms with Gasteiger partial charge in [-0.25, -0.2) is 4.39 Å². The van der Waals surface area contributed by atoms with Gasteiger partial charge in [-0.1, -0.05) is 29.7 Å². The second-order valence-corrected chi connectivity index (χ2v) is 7.21. The van der Waals surface area contributed by atoms with Crippen LogP contribution in [0.1, 0.15) is 35.9 Å². The molecule has 0 bridgehead atoms. The molecule has 0 radical (unpaired) electrons. The van der Waals surface area contributed by atoms with Crippen LogP contribution >= 0.6 is 24.0 Å². The predicted molar refractivity (Wildman–Crippen MR) is 101 cm³/mol. The molecule has 1 aliphatic heterocycles. The molecule has 0 saturated carbocycles. The van der Waals surface area contributed by atoms with Crippen molar-refractivity contribution in [1.29, 1.82) is 0 Å². The average Bonchev–Trinajstić information content (AvgIpc) is 2.95. The molecule has 0 spiro atoms. The van der Waals surface area contributed by atoms with E-state index in [4.69, 9.17) is 16.1 Å². The van der Waals surface area contributed by atoms with E-state index in [0.29, 0.717) is 12.3 Å². The summed E-state index contributed by atoms with van der Waals surface area (Å²) in [4.78, 5) is 12.7. The summed E-state index contributed by atoms with van der Waals surface area (Å²) in [7, 11) is 0. The normalized spacial score (nSPS) is 16.0. The lowest BCUT2D eigenvalue weighted by Gasteiger charge is -2.34. The monoisotopic (exact) mass is 401 g/mol. The van der Waals surface area contributed by atoms with Crippen LogP contribution in [0.3, 0.4) is 0 Å². The van der Waals surface area contributed by atoms with E-state index in [2.05, 4.69) is 22.7 Å². The highest BCUT2D eigenvalue weighted by Gasteiger charge is 2.30. The number of carbonyl (C=O) groups is 1. The zero-order chi connectivity index (χ0) is 18.0. The summed E-state index contributed by atoms with van der Waals surface area (Å²) in [6, 6.07) is 4.34. The third-order valence-corrected chi connectivity index (χ3v) is 5.09. The van der Waals surface area contributed by atoms with Crippen molar-refractivity contribution in [2.24, 2.45) is 5.41 Å². The Morgan fingerprint density at radius 3 is 2.77 bits per heavy atom. The number of benzene rings is 1. The van der Waals surface area contributed by atoms with Crippen LogP contribution in [0, 0.1) is 18.2 Å². The number of halogens is 3. The number of aromatic nitrogens is 1. The first-order valence-corrected chi connectivity index (χ1v) is 8.69. The topological polar surface area (TPSA) is 67.2 Å². The van der Waals surface area contributed by atoms with Gasteiger partial charge in [-0.15, -0.1) is 12.4 Å². The number of carbonyl (C=O) groups excluding carboxylic acids is 1. The summed E-state index contributed by atoms with van der Waals surface area (Å²) in [5.74, 6) is -0.532. The van der Waals surface area contributed by atoms with Gasteiger partial charge in [0.25, 0.3) is 5.91 Å². The van der Waals surface area contributed by atoms with Gasteiger partial charge in [0.05, 0.1) is 10.6 Å². The fourth-order valence-corrected chi connectivity index (χ4v) is 3.38. The molecule has 2 heterocycles. The average molecular weight is 402 g/mol. The maximum atomic E-state index is 14.2. The van der Waals surface area contributed by atoms with Crippen LogP contribution in [-0.4, -0.2) is 30.7 Å². The van der Waals surface area contributed by atoms with Crippen molar-refractivity contribution < 1.29 is 13.7 Å². The number of amides is 1. The Balaban J connectivity index is 0.00000243. The Labute approximate surface area is 163 Å². The summed E-state index contributed by atoms with van der Waals surface area (Å²) in [5, 5.41) is 10.3. The van der Waals surface area contributed by atoms with Crippen molar-refractivity contribution in [3.05, 3.63) is 40.4 Å². The zero-order valence-corrected chi connectivity index (χ0v) is 16.3. The lowest BCUT2D eigenvalue weighted by atomic mass is 9.81. The summed E-state index contributed by atoms with van der Waals surface area (Å²) in [6.07, 6.45) is 1.98. The highest BCUT2D eigenvalue weighted by atomic mass is 35.5. The molecule has 0 atom stereocenters. The molecule has 3 rings (SSSR count). The molecular weight excluding hydrogens is 380 g/mol. The number of hydrogen-bond donors (Lipinski definition) is 2. The van der Waals surface area contributed by atoms with E-state index < -0.39 is 5.82 Å². The Bertz CT molecular complexity index is 768. The first-order valence-electron chi connectivity index (χ1n) is 8.31. The fourth-order valence-electron chi connectivity index (χ4n) is 3.12. The van der Waals surface area contributed by atoms with E-state index in [0.717, 1.165) is 25.9 Å². The van der Waals surface area contributed by atoms with Crippen LogP contribution in [0.2, 0.25) is 5.02 Å². The largest absolute Gasteiger partial charge is 0.360 e. The minimum Gasteiger partial charge on any atom is -0.360 e. The van der Waals surface area contributed by atoms with Crippen molar-refractivity contribution in [3.63, 3.8) is 0 Å². The van der Waals surface area contributed by atoms with Gasteiger partial charge in [0.2, 0.25) is 0 Å². The molecule has 1 aliphatic rings. The van der Waals surface area contributed by atoms with E-state index in [-0.39, 0.29) is 45.6 Å². The Morgan fingerprint density at radius 2 is 2.12 bits per heavy atom. The molecule has 1 aromatic heterocycles. The first-order chi connectivity index (χ1) is 11.9. The SMILES string of the molecule is Cc1onc(-c2c(F)cccc2Cl)c1C(=O)NCC1(C)CCNCC1.Cl. The van der Waals surface area contributed by atoms with Gasteiger partial charge in [-0.2, -0.15) is 0 Å². The number of nitrogens with zero attached hydrogens (tertiary/aromatic N) is 1. The van der Waals surface area contributed by atoms with Crippen molar-refractivity contribution in [2.75, 3.05) is 19.6 Å². The third-order valence-electron chi connectivity index (χ3n) is 4.78. The lowest BCUT2D eigenvalue weighted by Crippen LogP contribution is -2.43. The van der Waals surface area contributed by atoms with Gasteiger partial charge in [-0.3, -0.25) is 4.79 Å². The van der Waals surface area contributed by atoms with Crippen LogP contribution in [0.5, 0.6) is 0 Å². The molecule has 1 amide bonds. The van der Waals surface area contributed by atoms with E-state index in [1.807, 2.05) is 0 Å². The standard InChI is InChI=1S/C18H21ClFN3O2.ClH/c1-11-14(17(24)22-10-18(2)6-8-21-9-7-18)16(23-25-11)15-12(19)4-3-5-13(15)20;/h3-5,21H,6-10H2,1-2H3,(H,22,24);1H. The fraction of sp³-hybridized carbons (Fsp3) is 0.444. The van der Waals surface area contributed by atoms with Gasteiger partial charge in [0.15, 0.2) is 0 Å². The van der Waals surface area contributed by atoms with Crippen LogP contribution < -0.4 is 10.6 Å². The lowest BCUT2D eigenvalue weighted by molar-refractivity contribution is 0.0921. The molecule has 1 aromatic carbocycles. The van der Waals surface area contributed by atoms with E-state index in [1.165, 1.54) is 12.1 Å². The highest BCUT2D eigenvalue weighted by molar-refractivity contribution is 6.33. The van der Waals surface area contributed by atoms with Gasteiger partial charge in [-0.05, 0) is 50.4 Å². The van der Waals surface area contributed by atoms with E-state index in [1.54, 1.807) is 13.0 Å². The second kappa shape index (κ2) is 8.37. The van der Waals surface area contributed by atoms with Crippen LogP contribution in [-0.2, 0) is 0 Å².